The minimum atomic E-state index is -0.116. The Hall–Kier alpha value is -0.790. The molecule has 4 unspecified atom stereocenters. The van der Waals surface area contributed by atoms with Gasteiger partial charge in [-0.25, -0.2) is 0 Å². The van der Waals surface area contributed by atoms with Crippen molar-refractivity contribution in [3.05, 3.63) is 11.6 Å². The highest BCUT2D eigenvalue weighted by molar-refractivity contribution is 5.66. The average molecular weight is 359 g/mol. The third kappa shape index (κ3) is 2.69. The number of esters is 1. The summed E-state index contributed by atoms with van der Waals surface area (Å²) < 4.78 is 5.65. The average Bonchev–Trinajstić information content (AvgIpc) is 2.92. The Morgan fingerprint density at radius 2 is 1.88 bits per heavy atom. The Bertz CT molecular complexity index is 607. The smallest absolute Gasteiger partial charge is 0.302 e. The third-order valence-corrected chi connectivity index (χ3v) is 9.33. The van der Waals surface area contributed by atoms with Crippen LogP contribution in [0.3, 0.4) is 0 Å². The maximum absolute atomic E-state index is 11.5. The SMILES string of the molecule is CC(=O)OC(C)[C@H]1CCC2C3CCC4=C[C@@H](C)CC[C@]4(C)C3CC[C@@]21C. The third-order valence-electron chi connectivity index (χ3n) is 9.33. The monoisotopic (exact) mass is 358 g/mol. The molecule has 0 aromatic rings. The zero-order valence-electron chi connectivity index (χ0n) is 17.5. The molecule has 0 saturated heterocycles. The first-order chi connectivity index (χ1) is 12.3. The molecule has 0 N–H and O–H groups in total. The normalized spacial score (nSPS) is 48.7. The lowest BCUT2D eigenvalue weighted by molar-refractivity contribution is -0.152. The zero-order valence-corrected chi connectivity index (χ0v) is 17.5. The van der Waals surface area contributed by atoms with E-state index in [-0.39, 0.29) is 12.1 Å². The molecule has 0 bridgehead atoms. The van der Waals surface area contributed by atoms with Gasteiger partial charge in [-0.1, -0.05) is 32.4 Å². The molecule has 26 heavy (non-hydrogen) atoms. The molecule has 0 spiro atoms. The van der Waals surface area contributed by atoms with Crippen LogP contribution in [-0.2, 0) is 9.53 Å². The lowest BCUT2D eigenvalue weighted by atomic mass is 9.46. The fourth-order valence-corrected chi connectivity index (χ4v) is 8.06. The summed E-state index contributed by atoms with van der Waals surface area (Å²) in [5.41, 5.74) is 2.63. The highest BCUT2D eigenvalue weighted by Gasteiger charge is 2.59. The van der Waals surface area contributed by atoms with E-state index in [9.17, 15) is 4.79 Å². The number of rotatable bonds is 2. The number of hydrogen-bond acceptors (Lipinski definition) is 2. The molecular formula is C24H38O2. The Morgan fingerprint density at radius 1 is 1.12 bits per heavy atom. The van der Waals surface area contributed by atoms with Crippen molar-refractivity contribution in [1.29, 1.82) is 0 Å². The van der Waals surface area contributed by atoms with Crippen LogP contribution in [-0.4, -0.2) is 12.1 Å². The first kappa shape index (κ1) is 18.6. The van der Waals surface area contributed by atoms with Gasteiger partial charge in [-0.2, -0.15) is 0 Å². The van der Waals surface area contributed by atoms with E-state index >= 15 is 0 Å². The number of hydrogen-bond donors (Lipinski definition) is 0. The first-order valence-electron chi connectivity index (χ1n) is 11.1. The second-order valence-electron chi connectivity index (χ2n) is 10.6. The van der Waals surface area contributed by atoms with Crippen LogP contribution in [0.4, 0.5) is 0 Å². The van der Waals surface area contributed by atoms with Crippen molar-refractivity contribution >= 4 is 5.97 Å². The van der Waals surface area contributed by atoms with Crippen LogP contribution < -0.4 is 0 Å². The largest absolute Gasteiger partial charge is 0.463 e. The number of carbonyl (C=O) groups excluding carboxylic acids is 1. The van der Waals surface area contributed by atoms with E-state index in [1.54, 1.807) is 12.5 Å². The molecule has 0 aliphatic heterocycles. The molecule has 2 nitrogen and oxygen atoms in total. The molecule has 2 heteroatoms. The van der Waals surface area contributed by atoms with E-state index in [1.807, 2.05) is 0 Å². The van der Waals surface area contributed by atoms with Gasteiger partial charge in [-0.05, 0) is 92.8 Å². The van der Waals surface area contributed by atoms with Crippen molar-refractivity contribution in [2.45, 2.75) is 92.1 Å². The summed E-state index contributed by atoms with van der Waals surface area (Å²) in [6.07, 6.45) is 13.5. The summed E-state index contributed by atoms with van der Waals surface area (Å²) in [5, 5.41) is 0. The molecule has 4 aliphatic carbocycles. The lowest BCUT2D eigenvalue weighted by Crippen LogP contribution is -2.51. The molecule has 146 valence electrons. The number of carbonyl (C=O) groups is 1. The van der Waals surface area contributed by atoms with Gasteiger partial charge in [0.2, 0.25) is 0 Å². The van der Waals surface area contributed by atoms with Gasteiger partial charge in [-0.15, -0.1) is 0 Å². The van der Waals surface area contributed by atoms with Gasteiger partial charge in [0, 0.05) is 12.8 Å². The predicted molar refractivity (Wildman–Crippen MR) is 106 cm³/mol. The van der Waals surface area contributed by atoms with Crippen molar-refractivity contribution in [3.8, 4) is 0 Å². The Kier molecular flexibility index (Phi) is 4.56. The summed E-state index contributed by atoms with van der Waals surface area (Å²) in [7, 11) is 0. The minimum absolute atomic E-state index is 0.0733. The topological polar surface area (TPSA) is 26.3 Å². The second kappa shape index (κ2) is 6.38. The zero-order chi connectivity index (χ0) is 18.7. The van der Waals surface area contributed by atoms with Crippen LogP contribution in [0.2, 0.25) is 0 Å². The molecule has 4 aliphatic rings. The highest BCUT2D eigenvalue weighted by atomic mass is 16.5. The highest BCUT2D eigenvalue weighted by Crippen LogP contribution is 2.67. The molecule has 3 saturated carbocycles. The van der Waals surface area contributed by atoms with E-state index in [2.05, 4.69) is 33.8 Å². The number of allylic oxidation sites excluding steroid dienone is 2. The van der Waals surface area contributed by atoms with E-state index in [0.717, 1.165) is 23.7 Å². The maximum atomic E-state index is 11.5. The molecule has 0 radical (unpaired) electrons. The number of ether oxygens (including phenoxy) is 1. The summed E-state index contributed by atoms with van der Waals surface area (Å²) in [5.74, 6) is 3.82. The summed E-state index contributed by atoms with van der Waals surface area (Å²) in [6, 6.07) is 0. The first-order valence-corrected chi connectivity index (χ1v) is 11.1. The van der Waals surface area contributed by atoms with E-state index in [1.165, 1.54) is 51.4 Å². The van der Waals surface area contributed by atoms with Crippen molar-refractivity contribution < 1.29 is 9.53 Å². The maximum Gasteiger partial charge on any atom is 0.302 e. The quantitative estimate of drug-likeness (QED) is 0.437. The minimum Gasteiger partial charge on any atom is -0.463 e. The summed E-state index contributed by atoms with van der Waals surface area (Å²) >= 11 is 0. The Balaban J connectivity index is 1.58. The van der Waals surface area contributed by atoms with Crippen LogP contribution in [0.5, 0.6) is 0 Å². The van der Waals surface area contributed by atoms with Gasteiger partial charge in [0.05, 0.1) is 0 Å². The van der Waals surface area contributed by atoms with Crippen LogP contribution in [0, 0.1) is 40.4 Å². The molecule has 0 amide bonds. The van der Waals surface area contributed by atoms with Crippen molar-refractivity contribution in [1.82, 2.24) is 0 Å². The Labute approximate surface area is 160 Å². The molecular weight excluding hydrogens is 320 g/mol. The van der Waals surface area contributed by atoms with E-state index < -0.39 is 0 Å². The van der Waals surface area contributed by atoms with Crippen LogP contribution in [0.15, 0.2) is 11.6 Å². The van der Waals surface area contributed by atoms with Gasteiger partial charge in [-0.3, -0.25) is 4.79 Å². The summed E-state index contributed by atoms with van der Waals surface area (Å²) in [6.45, 7) is 11.2. The van der Waals surface area contributed by atoms with Gasteiger partial charge >= 0.3 is 5.97 Å². The van der Waals surface area contributed by atoms with E-state index in [4.69, 9.17) is 4.74 Å². The number of fused-ring (bicyclic) bond motifs is 5. The molecule has 8 atom stereocenters. The van der Waals surface area contributed by atoms with Crippen molar-refractivity contribution in [3.63, 3.8) is 0 Å². The molecule has 0 aromatic carbocycles. The van der Waals surface area contributed by atoms with Gasteiger partial charge in [0.25, 0.3) is 0 Å². The fraction of sp³-hybridized carbons (Fsp3) is 0.875. The van der Waals surface area contributed by atoms with Crippen molar-refractivity contribution in [2.75, 3.05) is 0 Å². The molecule has 0 heterocycles. The molecule has 3 fully saturated rings. The van der Waals surface area contributed by atoms with Crippen LogP contribution >= 0.6 is 0 Å². The van der Waals surface area contributed by atoms with Gasteiger partial charge in [0.15, 0.2) is 0 Å². The fourth-order valence-electron chi connectivity index (χ4n) is 8.06. The lowest BCUT2D eigenvalue weighted by Gasteiger charge is -2.59. The van der Waals surface area contributed by atoms with Gasteiger partial charge in [0.1, 0.15) is 6.10 Å². The predicted octanol–water partition coefficient (Wildman–Crippen LogP) is 6.15. The van der Waals surface area contributed by atoms with Gasteiger partial charge < -0.3 is 4.74 Å². The molecule has 4 rings (SSSR count). The van der Waals surface area contributed by atoms with Crippen molar-refractivity contribution in [2.24, 2.45) is 40.4 Å². The van der Waals surface area contributed by atoms with Crippen LogP contribution in [0.25, 0.3) is 0 Å². The summed E-state index contributed by atoms with van der Waals surface area (Å²) in [4.78, 5) is 11.5. The van der Waals surface area contributed by atoms with E-state index in [0.29, 0.717) is 16.7 Å². The molecule has 0 aromatic heterocycles. The Morgan fingerprint density at radius 3 is 2.62 bits per heavy atom. The second-order valence-corrected chi connectivity index (χ2v) is 10.6. The standard InChI is InChI=1S/C24H38O2/c1-15-10-12-23(4)18(14-15)6-7-19-21-9-8-20(16(2)26-17(3)25)24(21,5)13-11-22(19)23/h14-16,19-22H,6-13H2,1-5H3/t15-,16?,19?,20+,21?,22?,23-,24+/m0/s1. The van der Waals surface area contributed by atoms with Crippen LogP contribution in [0.1, 0.15) is 86.0 Å².